The van der Waals surface area contributed by atoms with E-state index >= 15 is 0 Å². The summed E-state index contributed by atoms with van der Waals surface area (Å²) < 4.78 is 4.87. The Bertz CT molecular complexity index is 97.7. The first-order valence-corrected chi connectivity index (χ1v) is 3.08. The number of aliphatic hydroxyl groups is 1. The van der Waals surface area contributed by atoms with Gasteiger partial charge in [0, 0.05) is 6.54 Å². The Morgan fingerprint density at radius 2 is 2.30 bits per heavy atom. The maximum Gasteiger partial charge on any atom is 0.133 e. The van der Waals surface area contributed by atoms with E-state index in [-0.39, 0.29) is 6.54 Å². The Morgan fingerprint density at radius 3 is 2.70 bits per heavy atom. The van der Waals surface area contributed by atoms with E-state index < -0.39 is 12.3 Å². The molecule has 0 spiro atoms. The van der Waals surface area contributed by atoms with Gasteiger partial charge in [0.05, 0.1) is 6.61 Å². The molecule has 0 radical (unpaired) electrons. The van der Waals surface area contributed by atoms with E-state index in [9.17, 15) is 0 Å². The summed E-state index contributed by atoms with van der Waals surface area (Å²) in [4.78, 5) is 0. The number of rotatable bonds is 5. The lowest BCUT2D eigenvalue weighted by molar-refractivity contribution is -0.0178. The largest absolute Gasteiger partial charge is 0.388 e. The van der Waals surface area contributed by atoms with Crippen LogP contribution in [0.25, 0.3) is 0 Å². The van der Waals surface area contributed by atoms with E-state index in [4.69, 9.17) is 21.3 Å². The molecule has 5 N–H and O–H groups in total. The second kappa shape index (κ2) is 5.37. The van der Waals surface area contributed by atoms with E-state index in [1.165, 1.54) is 0 Å². The van der Waals surface area contributed by atoms with Crippen molar-refractivity contribution < 1.29 is 9.84 Å². The minimum absolute atomic E-state index is 0.109. The lowest BCUT2D eigenvalue weighted by Gasteiger charge is -2.16. The Kier molecular flexibility index (Phi) is 5.15. The zero-order valence-corrected chi connectivity index (χ0v) is 5.86. The SMILES string of the molecule is C=CCOC(N)C(O)CN. The molecule has 0 aliphatic rings. The number of hydrogen-bond acceptors (Lipinski definition) is 4. The molecule has 0 fully saturated rings. The highest BCUT2D eigenvalue weighted by molar-refractivity contribution is 4.68. The fourth-order valence-corrected chi connectivity index (χ4v) is 0.424. The second-order valence-corrected chi connectivity index (χ2v) is 1.89. The molecular weight excluding hydrogens is 132 g/mol. The van der Waals surface area contributed by atoms with Gasteiger partial charge in [-0.1, -0.05) is 6.08 Å². The van der Waals surface area contributed by atoms with Gasteiger partial charge >= 0.3 is 0 Å². The molecule has 0 aromatic rings. The summed E-state index contributed by atoms with van der Waals surface area (Å²) in [5.74, 6) is 0. The molecule has 0 bridgehead atoms. The molecule has 0 heterocycles. The topological polar surface area (TPSA) is 81.5 Å². The van der Waals surface area contributed by atoms with Crippen molar-refractivity contribution in [3.05, 3.63) is 12.7 Å². The van der Waals surface area contributed by atoms with Gasteiger partial charge in [-0.15, -0.1) is 6.58 Å². The average Bonchev–Trinajstić information content (AvgIpc) is 1.98. The van der Waals surface area contributed by atoms with Crippen LogP contribution in [0.2, 0.25) is 0 Å². The highest BCUT2D eigenvalue weighted by Crippen LogP contribution is 1.89. The molecule has 0 aromatic carbocycles. The molecule has 60 valence electrons. The van der Waals surface area contributed by atoms with Crippen molar-refractivity contribution >= 4 is 0 Å². The summed E-state index contributed by atoms with van der Waals surface area (Å²) in [5, 5.41) is 8.94. The van der Waals surface area contributed by atoms with Crippen molar-refractivity contribution in [3.8, 4) is 0 Å². The number of nitrogens with two attached hydrogens (primary N) is 2. The number of hydrogen-bond donors (Lipinski definition) is 3. The van der Waals surface area contributed by atoms with E-state index in [1.807, 2.05) is 0 Å². The van der Waals surface area contributed by atoms with Gasteiger partial charge in [-0.2, -0.15) is 0 Å². The predicted molar refractivity (Wildman–Crippen MR) is 39.2 cm³/mol. The first-order chi connectivity index (χ1) is 4.72. The van der Waals surface area contributed by atoms with Crippen molar-refractivity contribution in [1.29, 1.82) is 0 Å². The Balaban J connectivity index is 3.40. The summed E-state index contributed by atoms with van der Waals surface area (Å²) in [5.41, 5.74) is 10.4. The van der Waals surface area contributed by atoms with Crippen LogP contribution in [0, 0.1) is 0 Å². The Hall–Kier alpha value is -0.420. The normalized spacial score (nSPS) is 16.3. The summed E-state index contributed by atoms with van der Waals surface area (Å²) >= 11 is 0. The number of aliphatic hydroxyl groups excluding tert-OH is 1. The molecule has 4 heteroatoms. The Morgan fingerprint density at radius 1 is 1.70 bits per heavy atom. The van der Waals surface area contributed by atoms with Gasteiger partial charge in [0.1, 0.15) is 12.3 Å². The van der Waals surface area contributed by atoms with Crippen LogP contribution in [-0.4, -0.2) is 30.6 Å². The molecule has 0 rings (SSSR count). The van der Waals surface area contributed by atoms with E-state index in [0.717, 1.165) is 0 Å². The summed E-state index contributed by atoms with van der Waals surface area (Å²) in [6, 6.07) is 0. The van der Waals surface area contributed by atoms with Crippen LogP contribution in [0.5, 0.6) is 0 Å². The quantitative estimate of drug-likeness (QED) is 0.336. The van der Waals surface area contributed by atoms with Gasteiger partial charge < -0.3 is 21.3 Å². The van der Waals surface area contributed by atoms with Gasteiger partial charge in [-0.25, -0.2) is 0 Å². The van der Waals surface area contributed by atoms with E-state index in [0.29, 0.717) is 6.61 Å². The zero-order chi connectivity index (χ0) is 7.98. The third-order valence-corrected chi connectivity index (χ3v) is 1.03. The average molecular weight is 146 g/mol. The van der Waals surface area contributed by atoms with Crippen molar-refractivity contribution in [2.75, 3.05) is 13.2 Å². The maximum absolute atomic E-state index is 8.94. The third kappa shape index (κ3) is 3.58. The van der Waals surface area contributed by atoms with Crippen LogP contribution in [-0.2, 0) is 4.74 Å². The first kappa shape index (κ1) is 9.58. The predicted octanol–water partition coefficient (Wildman–Crippen LogP) is -1.21. The molecule has 0 saturated heterocycles. The molecule has 2 unspecified atom stereocenters. The molecule has 0 saturated carbocycles. The molecule has 0 aliphatic carbocycles. The van der Waals surface area contributed by atoms with Gasteiger partial charge in [-0.05, 0) is 0 Å². The lowest BCUT2D eigenvalue weighted by Crippen LogP contribution is -2.41. The van der Waals surface area contributed by atoms with Crippen molar-refractivity contribution in [1.82, 2.24) is 0 Å². The highest BCUT2D eigenvalue weighted by Gasteiger charge is 2.11. The van der Waals surface area contributed by atoms with Gasteiger partial charge in [0.15, 0.2) is 0 Å². The third-order valence-electron chi connectivity index (χ3n) is 1.03. The van der Waals surface area contributed by atoms with Crippen molar-refractivity contribution in [2.45, 2.75) is 12.3 Å². The molecule has 0 amide bonds. The summed E-state index contributed by atoms with van der Waals surface area (Å²) in [6.45, 7) is 3.87. The molecule has 10 heavy (non-hydrogen) atoms. The monoisotopic (exact) mass is 146 g/mol. The standard InChI is InChI=1S/C6H14N2O2/c1-2-3-10-6(8)5(9)4-7/h2,5-6,9H,1,3-4,7-8H2. The van der Waals surface area contributed by atoms with Gasteiger partial charge in [0.2, 0.25) is 0 Å². The van der Waals surface area contributed by atoms with Crippen LogP contribution in [0.1, 0.15) is 0 Å². The fraction of sp³-hybridized carbons (Fsp3) is 0.667. The molecule has 0 aromatic heterocycles. The Labute approximate surface area is 60.5 Å². The summed E-state index contributed by atoms with van der Waals surface area (Å²) in [6.07, 6.45) is 0.0614. The van der Waals surface area contributed by atoms with E-state index in [1.54, 1.807) is 6.08 Å². The minimum atomic E-state index is -0.792. The van der Waals surface area contributed by atoms with Crippen LogP contribution in [0.15, 0.2) is 12.7 Å². The fourth-order valence-electron chi connectivity index (χ4n) is 0.424. The second-order valence-electron chi connectivity index (χ2n) is 1.89. The van der Waals surface area contributed by atoms with Gasteiger partial charge in [-0.3, -0.25) is 0 Å². The lowest BCUT2D eigenvalue weighted by atomic mass is 10.3. The minimum Gasteiger partial charge on any atom is -0.388 e. The van der Waals surface area contributed by atoms with Crippen LogP contribution >= 0.6 is 0 Å². The highest BCUT2D eigenvalue weighted by atomic mass is 16.5. The maximum atomic E-state index is 8.94. The van der Waals surface area contributed by atoms with Gasteiger partial charge in [0.25, 0.3) is 0 Å². The van der Waals surface area contributed by atoms with Crippen LogP contribution < -0.4 is 11.5 Å². The number of ether oxygens (including phenoxy) is 1. The summed E-state index contributed by atoms with van der Waals surface area (Å²) in [7, 11) is 0. The molecular formula is C6H14N2O2. The van der Waals surface area contributed by atoms with Crippen molar-refractivity contribution in [2.24, 2.45) is 11.5 Å². The molecule has 2 atom stereocenters. The van der Waals surface area contributed by atoms with Crippen LogP contribution in [0.4, 0.5) is 0 Å². The molecule has 0 aliphatic heterocycles. The van der Waals surface area contributed by atoms with Crippen LogP contribution in [0.3, 0.4) is 0 Å². The molecule has 4 nitrogen and oxygen atoms in total. The zero-order valence-electron chi connectivity index (χ0n) is 5.86. The van der Waals surface area contributed by atoms with Crippen molar-refractivity contribution in [3.63, 3.8) is 0 Å². The van der Waals surface area contributed by atoms with E-state index in [2.05, 4.69) is 6.58 Å². The smallest absolute Gasteiger partial charge is 0.133 e. The first-order valence-electron chi connectivity index (χ1n) is 3.08.